The quantitative estimate of drug-likeness (QED) is 0.624. The van der Waals surface area contributed by atoms with Crippen LogP contribution in [0, 0.1) is 0 Å². The molecule has 0 aliphatic rings. The maximum atomic E-state index is 11.5. The Morgan fingerprint density at radius 3 is 2.33 bits per heavy atom. The Bertz CT molecular complexity index is 459. The summed E-state index contributed by atoms with van der Waals surface area (Å²) in [6.07, 6.45) is 0. The SMILES string of the molecule is CC(=O)OCC(=O)NNC(=O)c1ccc(Cl)cc1. The van der Waals surface area contributed by atoms with E-state index in [0.29, 0.717) is 10.6 Å². The minimum atomic E-state index is -0.632. The third-order valence-electron chi connectivity index (χ3n) is 1.83. The molecule has 0 saturated heterocycles. The number of halogens is 1. The first-order chi connectivity index (χ1) is 8.49. The predicted octanol–water partition coefficient (Wildman–Crippen LogP) is 0.664. The number of esters is 1. The molecule has 0 bridgehead atoms. The molecule has 0 unspecified atom stereocenters. The number of benzene rings is 1. The molecule has 96 valence electrons. The van der Waals surface area contributed by atoms with Gasteiger partial charge in [0, 0.05) is 17.5 Å². The maximum absolute atomic E-state index is 11.5. The summed E-state index contributed by atoms with van der Waals surface area (Å²) in [4.78, 5) is 33.1. The minimum Gasteiger partial charge on any atom is -0.456 e. The Labute approximate surface area is 108 Å². The van der Waals surface area contributed by atoms with Crippen molar-refractivity contribution < 1.29 is 19.1 Å². The standard InChI is InChI=1S/C11H11ClN2O4/c1-7(15)18-6-10(16)13-14-11(17)8-2-4-9(12)5-3-8/h2-5H,6H2,1H3,(H,13,16)(H,14,17). The average Bonchev–Trinajstić information content (AvgIpc) is 2.34. The summed E-state index contributed by atoms with van der Waals surface area (Å²) >= 11 is 5.66. The molecule has 0 aromatic heterocycles. The van der Waals surface area contributed by atoms with Crippen molar-refractivity contribution in [2.24, 2.45) is 0 Å². The lowest BCUT2D eigenvalue weighted by Crippen LogP contribution is -2.43. The van der Waals surface area contributed by atoms with Gasteiger partial charge in [0.05, 0.1) is 0 Å². The number of rotatable bonds is 3. The molecule has 1 aromatic rings. The van der Waals surface area contributed by atoms with E-state index >= 15 is 0 Å². The van der Waals surface area contributed by atoms with Gasteiger partial charge in [-0.25, -0.2) is 0 Å². The van der Waals surface area contributed by atoms with E-state index in [1.165, 1.54) is 19.1 Å². The Morgan fingerprint density at radius 1 is 1.17 bits per heavy atom. The molecule has 0 saturated carbocycles. The van der Waals surface area contributed by atoms with E-state index in [-0.39, 0.29) is 0 Å². The largest absolute Gasteiger partial charge is 0.456 e. The first-order valence-electron chi connectivity index (χ1n) is 4.97. The van der Waals surface area contributed by atoms with Gasteiger partial charge in [0.15, 0.2) is 6.61 Å². The van der Waals surface area contributed by atoms with Gasteiger partial charge in [-0.3, -0.25) is 25.2 Å². The van der Waals surface area contributed by atoms with Crippen LogP contribution in [-0.4, -0.2) is 24.4 Å². The third kappa shape index (κ3) is 4.84. The van der Waals surface area contributed by atoms with Crippen LogP contribution in [0.15, 0.2) is 24.3 Å². The van der Waals surface area contributed by atoms with Gasteiger partial charge < -0.3 is 4.74 Å². The van der Waals surface area contributed by atoms with Crippen LogP contribution in [0.5, 0.6) is 0 Å². The Morgan fingerprint density at radius 2 is 1.78 bits per heavy atom. The summed E-state index contributed by atoms with van der Waals surface area (Å²) < 4.78 is 4.44. The number of carbonyl (C=O) groups is 3. The number of hydrogen-bond donors (Lipinski definition) is 2. The van der Waals surface area contributed by atoms with E-state index < -0.39 is 24.4 Å². The third-order valence-corrected chi connectivity index (χ3v) is 2.08. The van der Waals surface area contributed by atoms with Crippen molar-refractivity contribution in [1.82, 2.24) is 10.9 Å². The molecule has 1 aromatic carbocycles. The van der Waals surface area contributed by atoms with E-state index in [1.807, 2.05) is 0 Å². The van der Waals surface area contributed by atoms with E-state index in [0.717, 1.165) is 0 Å². The average molecular weight is 271 g/mol. The lowest BCUT2D eigenvalue weighted by molar-refractivity contribution is -0.146. The van der Waals surface area contributed by atoms with Crippen LogP contribution in [0.2, 0.25) is 5.02 Å². The summed E-state index contributed by atoms with van der Waals surface area (Å²) in [5.41, 5.74) is 4.61. The molecule has 0 aliphatic carbocycles. The van der Waals surface area contributed by atoms with Crippen molar-refractivity contribution in [2.45, 2.75) is 6.92 Å². The number of hydrazine groups is 1. The van der Waals surface area contributed by atoms with Crippen LogP contribution < -0.4 is 10.9 Å². The van der Waals surface area contributed by atoms with Crippen LogP contribution in [-0.2, 0) is 14.3 Å². The molecule has 0 atom stereocenters. The molecule has 7 heteroatoms. The fourth-order valence-corrected chi connectivity index (χ4v) is 1.13. The Balaban J connectivity index is 2.39. The van der Waals surface area contributed by atoms with Crippen molar-refractivity contribution >= 4 is 29.4 Å². The van der Waals surface area contributed by atoms with Crippen molar-refractivity contribution in [1.29, 1.82) is 0 Å². The molecule has 6 nitrogen and oxygen atoms in total. The van der Waals surface area contributed by atoms with Crippen LogP contribution >= 0.6 is 11.6 Å². The van der Waals surface area contributed by atoms with Crippen molar-refractivity contribution in [3.05, 3.63) is 34.9 Å². The fourth-order valence-electron chi connectivity index (χ4n) is 1.00. The highest BCUT2D eigenvalue weighted by Gasteiger charge is 2.07. The van der Waals surface area contributed by atoms with Crippen molar-refractivity contribution in [3.63, 3.8) is 0 Å². The normalized spacial score (nSPS) is 9.44. The summed E-state index contributed by atoms with van der Waals surface area (Å²) in [7, 11) is 0. The van der Waals surface area contributed by atoms with Gasteiger partial charge in [-0.15, -0.1) is 0 Å². The number of carbonyl (C=O) groups excluding carboxylic acids is 3. The smallest absolute Gasteiger partial charge is 0.303 e. The van der Waals surface area contributed by atoms with Gasteiger partial charge in [0.25, 0.3) is 11.8 Å². The van der Waals surface area contributed by atoms with Crippen molar-refractivity contribution in [3.8, 4) is 0 Å². The molecule has 0 fully saturated rings. The minimum absolute atomic E-state index is 0.340. The second-order valence-corrected chi connectivity index (χ2v) is 3.73. The highest BCUT2D eigenvalue weighted by molar-refractivity contribution is 6.30. The highest BCUT2D eigenvalue weighted by atomic mass is 35.5. The molecular weight excluding hydrogens is 260 g/mol. The zero-order valence-corrected chi connectivity index (χ0v) is 10.3. The lowest BCUT2D eigenvalue weighted by Gasteiger charge is -2.07. The van der Waals surface area contributed by atoms with Gasteiger partial charge in [0.2, 0.25) is 0 Å². The number of ether oxygens (including phenoxy) is 1. The molecule has 0 radical (unpaired) electrons. The molecule has 2 amide bonds. The summed E-state index contributed by atoms with van der Waals surface area (Å²) in [5, 5.41) is 0.505. The Hall–Kier alpha value is -2.08. The zero-order valence-electron chi connectivity index (χ0n) is 9.53. The maximum Gasteiger partial charge on any atom is 0.303 e. The monoisotopic (exact) mass is 270 g/mol. The molecule has 0 heterocycles. The molecule has 0 aliphatic heterocycles. The molecule has 1 rings (SSSR count). The van der Waals surface area contributed by atoms with Gasteiger partial charge in [-0.05, 0) is 24.3 Å². The summed E-state index contributed by atoms with van der Waals surface area (Å²) in [6.45, 7) is 0.732. The highest BCUT2D eigenvalue weighted by Crippen LogP contribution is 2.08. The first kappa shape index (κ1) is 14.0. The lowest BCUT2D eigenvalue weighted by atomic mass is 10.2. The second kappa shape index (κ2) is 6.61. The number of hydrogen-bond acceptors (Lipinski definition) is 4. The van der Waals surface area contributed by atoms with Crippen LogP contribution in [0.1, 0.15) is 17.3 Å². The van der Waals surface area contributed by atoms with Crippen LogP contribution in [0.25, 0.3) is 0 Å². The van der Waals surface area contributed by atoms with Crippen LogP contribution in [0.4, 0.5) is 0 Å². The zero-order chi connectivity index (χ0) is 13.5. The van der Waals surface area contributed by atoms with Crippen molar-refractivity contribution in [2.75, 3.05) is 6.61 Å². The first-order valence-corrected chi connectivity index (χ1v) is 5.35. The molecule has 0 spiro atoms. The van der Waals surface area contributed by atoms with Crippen LogP contribution in [0.3, 0.4) is 0 Å². The molecule has 18 heavy (non-hydrogen) atoms. The van der Waals surface area contributed by atoms with E-state index in [1.54, 1.807) is 12.1 Å². The fraction of sp³-hybridized carbons (Fsp3) is 0.182. The predicted molar refractivity (Wildman–Crippen MR) is 63.7 cm³/mol. The van der Waals surface area contributed by atoms with Gasteiger partial charge in [-0.1, -0.05) is 11.6 Å². The van der Waals surface area contributed by atoms with Gasteiger partial charge in [-0.2, -0.15) is 0 Å². The summed E-state index contributed by atoms with van der Waals surface area (Å²) in [6, 6.07) is 6.13. The van der Waals surface area contributed by atoms with E-state index in [2.05, 4.69) is 15.6 Å². The number of amides is 2. The number of nitrogens with one attached hydrogen (secondary N) is 2. The summed E-state index contributed by atoms with van der Waals surface area (Å²) in [5.74, 6) is -1.70. The van der Waals surface area contributed by atoms with Gasteiger partial charge >= 0.3 is 5.97 Å². The molecular formula is C11H11ClN2O4. The Kier molecular flexibility index (Phi) is 5.13. The second-order valence-electron chi connectivity index (χ2n) is 3.29. The molecule has 2 N–H and O–H groups in total. The van der Waals surface area contributed by atoms with E-state index in [9.17, 15) is 14.4 Å². The van der Waals surface area contributed by atoms with E-state index in [4.69, 9.17) is 11.6 Å². The van der Waals surface area contributed by atoms with Gasteiger partial charge in [0.1, 0.15) is 0 Å². The topological polar surface area (TPSA) is 84.5 Å².